The Morgan fingerprint density at radius 2 is 1.81 bits per heavy atom. The van der Waals surface area contributed by atoms with Crippen LogP contribution in [0.15, 0.2) is 42.2 Å². The summed E-state index contributed by atoms with van der Waals surface area (Å²) in [6.45, 7) is 7.63. The first-order chi connectivity index (χ1) is 17.2. The van der Waals surface area contributed by atoms with Gasteiger partial charge in [-0.25, -0.2) is 4.79 Å². The summed E-state index contributed by atoms with van der Waals surface area (Å²) in [5, 5.41) is 0. The van der Waals surface area contributed by atoms with Crippen LogP contribution in [0, 0.1) is 23.7 Å². The molecule has 3 saturated heterocycles. The van der Waals surface area contributed by atoms with Crippen LogP contribution in [0.2, 0.25) is 0 Å². The molecule has 36 heavy (non-hydrogen) atoms. The second-order valence-electron chi connectivity index (χ2n) is 11.3. The van der Waals surface area contributed by atoms with E-state index in [4.69, 9.17) is 18.9 Å². The second kappa shape index (κ2) is 8.70. The Kier molecular flexibility index (Phi) is 5.72. The van der Waals surface area contributed by atoms with Crippen molar-refractivity contribution < 1.29 is 33.3 Å². The van der Waals surface area contributed by atoms with Gasteiger partial charge in [0.25, 0.3) is 0 Å². The van der Waals surface area contributed by atoms with E-state index in [-0.39, 0.29) is 17.9 Å². The van der Waals surface area contributed by atoms with E-state index in [1.807, 2.05) is 26.0 Å². The number of epoxide rings is 1. The van der Waals surface area contributed by atoms with Gasteiger partial charge in [-0.15, -0.1) is 0 Å². The van der Waals surface area contributed by atoms with E-state index < -0.39 is 47.8 Å². The van der Waals surface area contributed by atoms with Crippen molar-refractivity contribution >= 4 is 17.9 Å². The Balaban J connectivity index is 1.41. The average molecular weight is 496 g/mol. The van der Waals surface area contributed by atoms with Crippen LogP contribution in [-0.4, -0.2) is 65.9 Å². The fourth-order valence-electron chi connectivity index (χ4n) is 6.55. The number of hydrogen-bond donors (Lipinski definition) is 0. The number of nitrogens with zero attached hydrogens (tertiary/aromatic N) is 1. The predicted molar refractivity (Wildman–Crippen MR) is 127 cm³/mol. The van der Waals surface area contributed by atoms with Crippen LogP contribution in [0.5, 0.6) is 0 Å². The average Bonchev–Trinajstić information content (AvgIpc) is 3.25. The summed E-state index contributed by atoms with van der Waals surface area (Å²) < 4.78 is 24.1. The fourth-order valence-corrected chi connectivity index (χ4v) is 6.55. The van der Waals surface area contributed by atoms with E-state index in [0.717, 1.165) is 25.9 Å². The van der Waals surface area contributed by atoms with Gasteiger partial charge in [0.1, 0.15) is 24.1 Å². The molecule has 0 spiro atoms. The summed E-state index contributed by atoms with van der Waals surface area (Å²) in [5.74, 6) is -1.38. The van der Waals surface area contributed by atoms with Crippen LogP contribution in [0.4, 0.5) is 0 Å². The molecule has 4 heterocycles. The summed E-state index contributed by atoms with van der Waals surface area (Å²) in [7, 11) is 0. The minimum absolute atomic E-state index is 0.293. The molecular weight excluding hydrogens is 462 g/mol. The molecule has 0 saturated carbocycles. The van der Waals surface area contributed by atoms with Crippen LogP contribution in [0.3, 0.4) is 0 Å². The maximum absolute atomic E-state index is 13.4. The van der Waals surface area contributed by atoms with Gasteiger partial charge in [0.15, 0.2) is 0 Å². The molecule has 1 aromatic rings. The Hall–Kier alpha value is -2.71. The third-order valence-corrected chi connectivity index (χ3v) is 8.78. The molecule has 0 aromatic heterocycles. The molecule has 1 aromatic carbocycles. The van der Waals surface area contributed by atoms with Crippen molar-refractivity contribution in [3.8, 4) is 0 Å². The van der Waals surface area contributed by atoms with Crippen LogP contribution in [0.25, 0.3) is 0 Å². The molecule has 1 aliphatic carbocycles. The minimum atomic E-state index is -0.685. The van der Waals surface area contributed by atoms with E-state index in [2.05, 4.69) is 11.8 Å². The monoisotopic (exact) mass is 495 g/mol. The molecule has 192 valence electrons. The number of carbonyl (C=O) groups is 3. The van der Waals surface area contributed by atoms with Crippen molar-refractivity contribution in [2.75, 3.05) is 13.1 Å². The molecule has 6 rings (SSSR count). The number of rotatable bonds is 3. The van der Waals surface area contributed by atoms with Gasteiger partial charge in [-0.1, -0.05) is 32.0 Å². The number of fused-ring (bicyclic) bond motifs is 4. The van der Waals surface area contributed by atoms with E-state index in [9.17, 15) is 14.4 Å². The van der Waals surface area contributed by atoms with Gasteiger partial charge < -0.3 is 18.9 Å². The molecule has 8 nitrogen and oxygen atoms in total. The van der Waals surface area contributed by atoms with Crippen LogP contribution in [0.1, 0.15) is 50.4 Å². The number of ether oxygens (including phenoxy) is 4. The van der Waals surface area contributed by atoms with Crippen LogP contribution >= 0.6 is 0 Å². The van der Waals surface area contributed by atoms with E-state index in [1.54, 1.807) is 24.3 Å². The molecule has 4 aliphatic heterocycles. The summed E-state index contributed by atoms with van der Waals surface area (Å²) in [6, 6.07) is 8.46. The first kappa shape index (κ1) is 23.7. The van der Waals surface area contributed by atoms with Gasteiger partial charge >= 0.3 is 17.9 Å². The smallest absolute Gasteiger partial charge is 0.338 e. The van der Waals surface area contributed by atoms with E-state index >= 15 is 0 Å². The second-order valence-corrected chi connectivity index (χ2v) is 11.3. The lowest BCUT2D eigenvalue weighted by Gasteiger charge is -2.41. The minimum Gasteiger partial charge on any atom is -0.461 e. The zero-order chi connectivity index (χ0) is 25.2. The zero-order valence-corrected chi connectivity index (χ0v) is 20.9. The highest BCUT2D eigenvalue weighted by molar-refractivity contribution is 5.89. The number of piperidine rings is 1. The molecule has 2 bridgehead atoms. The van der Waals surface area contributed by atoms with Gasteiger partial charge in [-0.05, 0) is 57.0 Å². The molecular formula is C28H33NO7. The standard InChI is InChI=1S/C28H33NO7/c1-15-9-11-29(12-10-15)22-18-13-19(33-27(18)32)21-16(2)25(30)34-20(21)14-28(3)24(36-28)23(22)35-26(31)17-7-5-4-6-8-17/h4-8,13,15-16,18,20-24H,9-12,14H2,1-3H3. The molecule has 8 unspecified atom stereocenters. The Bertz CT molecular complexity index is 1090. The van der Waals surface area contributed by atoms with Crippen LogP contribution < -0.4 is 0 Å². The summed E-state index contributed by atoms with van der Waals surface area (Å²) >= 11 is 0. The number of likely N-dealkylation sites (tertiary alicyclic amines) is 1. The van der Waals surface area contributed by atoms with E-state index in [0.29, 0.717) is 23.7 Å². The van der Waals surface area contributed by atoms with E-state index in [1.165, 1.54) is 0 Å². The maximum Gasteiger partial charge on any atom is 0.338 e. The molecule has 8 atom stereocenters. The number of benzene rings is 1. The fraction of sp³-hybridized carbons (Fsp3) is 0.607. The van der Waals surface area contributed by atoms with Crippen molar-refractivity contribution in [1.29, 1.82) is 0 Å². The Morgan fingerprint density at radius 3 is 2.53 bits per heavy atom. The zero-order valence-electron chi connectivity index (χ0n) is 20.9. The molecule has 0 radical (unpaired) electrons. The van der Waals surface area contributed by atoms with Crippen molar-refractivity contribution in [3.05, 3.63) is 47.7 Å². The lowest BCUT2D eigenvalue weighted by Crippen LogP contribution is -2.56. The van der Waals surface area contributed by atoms with Gasteiger partial charge in [-0.3, -0.25) is 14.5 Å². The van der Waals surface area contributed by atoms with Gasteiger partial charge in [0.2, 0.25) is 0 Å². The first-order valence-corrected chi connectivity index (χ1v) is 13.1. The summed E-state index contributed by atoms with van der Waals surface area (Å²) in [4.78, 5) is 41.4. The van der Waals surface area contributed by atoms with Crippen LogP contribution in [-0.2, 0) is 28.5 Å². The molecule has 8 heteroatoms. The largest absolute Gasteiger partial charge is 0.461 e. The van der Waals surface area contributed by atoms with Gasteiger partial charge in [-0.2, -0.15) is 0 Å². The molecule has 0 amide bonds. The topological polar surface area (TPSA) is 94.7 Å². The summed E-state index contributed by atoms with van der Waals surface area (Å²) in [5.41, 5.74) is -0.192. The number of esters is 3. The van der Waals surface area contributed by atoms with Crippen molar-refractivity contribution in [2.24, 2.45) is 23.7 Å². The number of carbonyl (C=O) groups excluding carboxylic acids is 3. The predicted octanol–water partition coefficient (Wildman–Crippen LogP) is 3.11. The third kappa shape index (κ3) is 3.95. The molecule has 3 fully saturated rings. The van der Waals surface area contributed by atoms with Crippen molar-refractivity contribution in [3.63, 3.8) is 0 Å². The first-order valence-electron chi connectivity index (χ1n) is 13.1. The third-order valence-electron chi connectivity index (χ3n) is 8.78. The molecule has 0 N–H and O–H groups in total. The molecule has 5 aliphatic rings. The number of hydrogen-bond acceptors (Lipinski definition) is 8. The lowest BCUT2D eigenvalue weighted by molar-refractivity contribution is -0.145. The SMILES string of the molecule is CC1CCN(C2C3C=C(OC3=O)C3C(CC4(C)OC4C2OC(=O)c2ccccc2)OC(=O)C3C)CC1. The van der Waals surface area contributed by atoms with Crippen molar-refractivity contribution in [1.82, 2.24) is 4.90 Å². The van der Waals surface area contributed by atoms with Gasteiger partial charge in [0, 0.05) is 6.42 Å². The van der Waals surface area contributed by atoms with Crippen molar-refractivity contribution in [2.45, 2.75) is 70.0 Å². The highest BCUT2D eigenvalue weighted by Gasteiger charge is 2.65. The quantitative estimate of drug-likeness (QED) is 0.359. The normalized spacial score (nSPS) is 40.4. The lowest BCUT2D eigenvalue weighted by atomic mass is 9.79. The highest BCUT2D eigenvalue weighted by atomic mass is 16.6. The van der Waals surface area contributed by atoms with Gasteiger partial charge in [0.05, 0.1) is 35.0 Å². The Labute approximate surface area is 210 Å². The summed E-state index contributed by atoms with van der Waals surface area (Å²) in [6.07, 6.45) is 2.74. The highest BCUT2D eigenvalue weighted by Crippen LogP contribution is 2.52. The Morgan fingerprint density at radius 1 is 1.08 bits per heavy atom. The maximum atomic E-state index is 13.4.